The summed E-state index contributed by atoms with van der Waals surface area (Å²) in [6, 6.07) is 12.7. The molecule has 0 unspecified atom stereocenters. The van der Waals surface area contributed by atoms with Gasteiger partial charge < -0.3 is 0 Å². The number of hydrogen-bond acceptors (Lipinski definition) is 2. The lowest BCUT2D eigenvalue weighted by Gasteiger charge is -2.06. The molecule has 0 aliphatic rings. The zero-order chi connectivity index (χ0) is 13.2. The molecule has 0 aliphatic carbocycles. The van der Waals surface area contributed by atoms with Gasteiger partial charge in [0.2, 0.25) is 0 Å². The average molecular weight is 251 g/mol. The number of nitrogens with zero attached hydrogens (tertiary/aromatic N) is 3. The summed E-state index contributed by atoms with van der Waals surface area (Å²) in [5, 5.41) is 4.55. The Labute approximate surface area is 112 Å². The van der Waals surface area contributed by atoms with Gasteiger partial charge in [-0.1, -0.05) is 38.1 Å². The van der Waals surface area contributed by atoms with Gasteiger partial charge in [-0.3, -0.25) is 0 Å². The minimum absolute atomic E-state index is 0.686. The van der Waals surface area contributed by atoms with Gasteiger partial charge in [0, 0.05) is 18.0 Å². The Bertz CT molecular complexity index is 681. The summed E-state index contributed by atoms with van der Waals surface area (Å²) in [7, 11) is 0. The SMILES string of the molecule is CC(C)Cc1ccc(-c2ccc3nccn3n2)cc1. The second-order valence-corrected chi connectivity index (χ2v) is 5.24. The maximum atomic E-state index is 4.55. The van der Waals surface area contributed by atoms with Gasteiger partial charge in [-0.2, -0.15) is 5.10 Å². The monoisotopic (exact) mass is 251 g/mol. The number of rotatable bonds is 3. The summed E-state index contributed by atoms with van der Waals surface area (Å²) in [5.74, 6) is 0.686. The van der Waals surface area contributed by atoms with Gasteiger partial charge in [0.1, 0.15) is 0 Å². The van der Waals surface area contributed by atoms with Gasteiger partial charge in [0.25, 0.3) is 0 Å². The second-order valence-electron chi connectivity index (χ2n) is 5.24. The van der Waals surface area contributed by atoms with Gasteiger partial charge >= 0.3 is 0 Å². The molecule has 3 rings (SSSR count). The highest BCUT2D eigenvalue weighted by Crippen LogP contribution is 2.19. The van der Waals surface area contributed by atoms with Crippen LogP contribution in [0, 0.1) is 5.92 Å². The van der Waals surface area contributed by atoms with Crippen molar-refractivity contribution in [2.75, 3.05) is 0 Å². The van der Waals surface area contributed by atoms with E-state index in [1.54, 1.807) is 10.7 Å². The Balaban J connectivity index is 1.92. The molecule has 19 heavy (non-hydrogen) atoms. The van der Waals surface area contributed by atoms with E-state index in [-0.39, 0.29) is 0 Å². The molecular formula is C16H17N3. The third kappa shape index (κ3) is 2.50. The summed E-state index contributed by atoms with van der Waals surface area (Å²) >= 11 is 0. The van der Waals surface area contributed by atoms with Crippen LogP contribution in [0.3, 0.4) is 0 Å². The zero-order valence-corrected chi connectivity index (χ0v) is 11.2. The van der Waals surface area contributed by atoms with Gasteiger partial charge in [0.05, 0.1) is 5.69 Å². The van der Waals surface area contributed by atoms with Gasteiger partial charge in [-0.15, -0.1) is 0 Å². The van der Waals surface area contributed by atoms with Crippen LogP contribution < -0.4 is 0 Å². The van der Waals surface area contributed by atoms with Gasteiger partial charge in [0.15, 0.2) is 5.65 Å². The van der Waals surface area contributed by atoms with E-state index in [2.05, 4.69) is 48.2 Å². The topological polar surface area (TPSA) is 30.2 Å². The molecule has 1 aromatic carbocycles. The largest absolute Gasteiger partial charge is 0.236 e. The van der Waals surface area contributed by atoms with E-state index in [0.29, 0.717) is 5.92 Å². The fraction of sp³-hybridized carbons (Fsp3) is 0.250. The van der Waals surface area contributed by atoms with E-state index in [4.69, 9.17) is 0 Å². The molecule has 2 heterocycles. The lowest BCUT2D eigenvalue weighted by atomic mass is 10.0. The highest BCUT2D eigenvalue weighted by molar-refractivity contribution is 5.60. The van der Waals surface area contributed by atoms with E-state index in [9.17, 15) is 0 Å². The quantitative estimate of drug-likeness (QED) is 0.712. The first-order valence-electron chi connectivity index (χ1n) is 6.62. The summed E-state index contributed by atoms with van der Waals surface area (Å²) in [6.45, 7) is 4.48. The van der Waals surface area contributed by atoms with Crippen molar-refractivity contribution < 1.29 is 0 Å². The molecule has 0 bridgehead atoms. The van der Waals surface area contributed by atoms with Crippen molar-refractivity contribution in [3.63, 3.8) is 0 Å². The molecule has 0 spiro atoms. The third-order valence-electron chi connectivity index (χ3n) is 3.15. The Kier molecular flexibility index (Phi) is 3.03. The molecule has 0 aliphatic heterocycles. The Morgan fingerprint density at radius 3 is 2.58 bits per heavy atom. The third-order valence-corrected chi connectivity index (χ3v) is 3.15. The molecule has 0 fully saturated rings. The van der Waals surface area contributed by atoms with Crippen LogP contribution >= 0.6 is 0 Å². The Morgan fingerprint density at radius 1 is 1.05 bits per heavy atom. The van der Waals surface area contributed by atoms with Crippen molar-refractivity contribution in [2.24, 2.45) is 5.92 Å². The van der Waals surface area contributed by atoms with E-state index >= 15 is 0 Å². The van der Waals surface area contributed by atoms with Crippen LogP contribution in [-0.4, -0.2) is 14.6 Å². The maximum Gasteiger partial charge on any atom is 0.153 e. The molecule has 96 valence electrons. The lowest BCUT2D eigenvalue weighted by Crippen LogP contribution is -1.95. The van der Waals surface area contributed by atoms with Gasteiger partial charge in [-0.25, -0.2) is 9.50 Å². The van der Waals surface area contributed by atoms with Crippen LogP contribution in [0.1, 0.15) is 19.4 Å². The molecule has 2 aromatic heterocycles. The molecule has 0 N–H and O–H groups in total. The van der Waals surface area contributed by atoms with Crippen molar-refractivity contribution in [1.29, 1.82) is 0 Å². The highest BCUT2D eigenvalue weighted by atomic mass is 15.2. The van der Waals surface area contributed by atoms with Crippen LogP contribution in [-0.2, 0) is 6.42 Å². The molecule has 0 atom stereocenters. The van der Waals surface area contributed by atoms with Crippen molar-refractivity contribution >= 4 is 5.65 Å². The van der Waals surface area contributed by atoms with Crippen LogP contribution in [0.25, 0.3) is 16.9 Å². The predicted molar refractivity (Wildman–Crippen MR) is 77.0 cm³/mol. The summed E-state index contributed by atoms with van der Waals surface area (Å²) in [5.41, 5.74) is 4.37. The van der Waals surface area contributed by atoms with Gasteiger partial charge in [-0.05, 0) is 30.0 Å². The number of hydrogen-bond donors (Lipinski definition) is 0. The minimum atomic E-state index is 0.686. The normalized spacial score (nSPS) is 11.3. The highest BCUT2D eigenvalue weighted by Gasteiger charge is 2.03. The van der Waals surface area contributed by atoms with Crippen LogP contribution in [0.15, 0.2) is 48.8 Å². The molecule has 0 saturated heterocycles. The molecule has 0 amide bonds. The van der Waals surface area contributed by atoms with E-state index in [1.165, 1.54) is 5.56 Å². The van der Waals surface area contributed by atoms with Crippen molar-refractivity contribution in [3.8, 4) is 11.3 Å². The van der Waals surface area contributed by atoms with Crippen molar-refractivity contribution in [1.82, 2.24) is 14.6 Å². The number of imidazole rings is 1. The molecule has 0 radical (unpaired) electrons. The summed E-state index contributed by atoms with van der Waals surface area (Å²) < 4.78 is 1.80. The summed E-state index contributed by atoms with van der Waals surface area (Å²) in [4.78, 5) is 4.20. The van der Waals surface area contributed by atoms with Crippen molar-refractivity contribution in [3.05, 3.63) is 54.4 Å². The first-order chi connectivity index (χ1) is 9.22. The number of fused-ring (bicyclic) bond motifs is 1. The Hall–Kier alpha value is -2.16. The number of aromatic nitrogens is 3. The lowest BCUT2D eigenvalue weighted by molar-refractivity contribution is 0.647. The van der Waals surface area contributed by atoms with E-state index in [0.717, 1.165) is 23.3 Å². The minimum Gasteiger partial charge on any atom is -0.236 e. The zero-order valence-electron chi connectivity index (χ0n) is 11.2. The van der Waals surface area contributed by atoms with Crippen molar-refractivity contribution in [2.45, 2.75) is 20.3 Å². The fourth-order valence-corrected chi connectivity index (χ4v) is 2.25. The number of benzene rings is 1. The first-order valence-corrected chi connectivity index (χ1v) is 6.62. The van der Waals surface area contributed by atoms with E-state index < -0.39 is 0 Å². The summed E-state index contributed by atoms with van der Waals surface area (Å²) in [6.07, 6.45) is 4.75. The second kappa shape index (κ2) is 4.84. The molecule has 3 nitrogen and oxygen atoms in total. The molecule has 3 heteroatoms. The predicted octanol–water partition coefficient (Wildman–Crippen LogP) is 3.59. The molecular weight excluding hydrogens is 234 g/mol. The first kappa shape index (κ1) is 11.9. The Morgan fingerprint density at radius 2 is 1.84 bits per heavy atom. The maximum absolute atomic E-state index is 4.55. The smallest absolute Gasteiger partial charge is 0.153 e. The van der Waals surface area contributed by atoms with E-state index in [1.807, 2.05) is 18.3 Å². The van der Waals surface area contributed by atoms with Crippen LogP contribution in [0.4, 0.5) is 0 Å². The average Bonchev–Trinajstić information content (AvgIpc) is 2.86. The van der Waals surface area contributed by atoms with Crippen LogP contribution in [0.5, 0.6) is 0 Å². The van der Waals surface area contributed by atoms with Crippen LogP contribution in [0.2, 0.25) is 0 Å². The standard InChI is InChI=1S/C16H17N3/c1-12(2)11-13-3-5-14(6-4-13)15-7-8-16-17-9-10-19(16)18-15/h3-10,12H,11H2,1-2H3. The molecule has 0 saturated carbocycles. The molecule has 3 aromatic rings. The fourth-order valence-electron chi connectivity index (χ4n) is 2.25.